The minimum absolute atomic E-state index is 0.0965. The molecule has 0 unspecified atom stereocenters. The molecule has 2 aliphatic heterocycles. The van der Waals surface area contributed by atoms with Crippen LogP contribution in [0.1, 0.15) is 23.7 Å². The first-order chi connectivity index (χ1) is 15.6. The summed E-state index contributed by atoms with van der Waals surface area (Å²) in [5.41, 5.74) is 2.49. The molecule has 2 aliphatic rings. The summed E-state index contributed by atoms with van der Waals surface area (Å²) >= 11 is 0. The first kappa shape index (κ1) is 19.9. The number of benzene rings is 1. The minimum atomic E-state index is -0.988. The predicted octanol–water partition coefficient (Wildman–Crippen LogP) is 2.23. The zero-order valence-electron chi connectivity index (χ0n) is 17.3. The molecule has 5 rings (SSSR count). The maximum absolute atomic E-state index is 12.9. The molecule has 1 atom stereocenters. The van der Waals surface area contributed by atoms with Gasteiger partial charge in [0.15, 0.2) is 11.5 Å². The van der Waals surface area contributed by atoms with Gasteiger partial charge in [-0.3, -0.25) is 4.79 Å². The summed E-state index contributed by atoms with van der Waals surface area (Å²) in [6.07, 6.45) is 2.53. The van der Waals surface area contributed by atoms with E-state index in [2.05, 4.69) is 20.3 Å². The average molecular weight is 439 g/mol. The van der Waals surface area contributed by atoms with Crippen LogP contribution >= 0.6 is 0 Å². The molecule has 0 spiro atoms. The second kappa shape index (κ2) is 7.91. The molecule has 11 heteroatoms. The van der Waals surface area contributed by atoms with Gasteiger partial charge in [-0.25, -0.2) is 14.8 Å². The van der Waals surface area contributed by atoms with Crippen molar-refractivity contribution in [1.82, 2.24) is 25.2 Å². The van der Waals surface area contributed by atoms with Crippen LogP contribution in [0.4, 0.5) is 4.79 Å². The van der Waals surface area contributed by atoms with Crippen LogP contribution in [0, 0.1) is 0 Å². The van der Waals surface area contributed by atoms with E-state index in [0.29, 0.717) is 64.7 Å². The van der Waals surface area contributed by atoms with Crippen molar-refractivity contribution in [2.24, 2.45) is 0 Å². The van der Waals surface area contributed by atoms with Gasteiger partial charge in [0.2, 0.25) is 6.79 Å². The van der Waals surface area contributed by atoms with Crippen LogP contribution in [0.15, 0.2) is 24.7 Å². The molecular weight excluding hydrogens is 418 g/mol. The number of nitrogens with zero attached hydrogens (tertiary/aromatic N) is 3. The van der Waals surface area contributed by atoms with E-state index < -0.39 is 6.09 Å². The second-order valence-corrected chi connectivity index (χ2v) is 7.44. The van der Waals surface area contributed by atoms with Crippen molar-refractivity contribution in [3.05, 3.63) is 30.2 Å². The molecule has 0 bridgehead atoms. The van der Waals surface area contributed by atoms with E-state index in [1.54, 1.807) is 18.3 Å². The predicted molar refractivity (Wildman–Crippen MR) is 112 cm³/mol. The quantitative estimate of drug-likeness (QED) is 0.550. The Morgan fingerprint density at radius 3 is 3.00 bits per heavy atom. The molecule has 3 N–H and O–H groups in total. The first-order valence-electron chi connectivity index (χ1n) is 10.2. The Morgan fingerprint density at radius 1 is 1.34 bits per heavy atom. The van der Waals surface area contributed by atoms with Crippen molar-refractivity contribution in [1.29, 1.82) is 0 Å². The summed E-state index contributed by atoms with van der Waals surface area (Å²) in [6, 6.07) is 3.33. The van der Waals surface area contributed by atoms with Gasteiger partial charge in [0.25, 0.3) is 5.91 Å². The first-order valence-corrected chi connectivity index (χ1v) is 10.2. The van der Waals surface area contributed by atoms with Gasteiger partial charge in [0, 0.05) is 25.3 Å². The normalized spacial score (nSPS) is 17.0. The van der Waals surface area contributed by atoms with Crippen molar-refractivity contribution in [2.75, 3.05) is 26.5 Å². The fourth-order valence-electron chi connectivity index (χ4n) is 4.07. The van der Waals surface area contributed by atoms with E-state index in [9.17, 15) is 9.59 Å². The van der Waals surface area contributed by atoms with Gasteiger partial charge >= 0.3 is 6.09 Å². The van der Waals surface area contributed by atoms with E-state index >= 15 is 0 Å². The number of carboxylic acid groups (broad SMARTS) is 1. The summed E-state index contributed by atoms with van der Waals surface area (Å²) in [6.45, 7) is 3.08. The Bertz CT molecular complexity index is 1210. The number of hydrogen-bond donors (Lipinski definition) is 3. The zero-order valence-corrected chi connectivity index (χ0v) is 17.3. The van der Waals surface area contributed by atoms with Crippen molar-refractivity contribution < 1.29 is 28.9 Å². The molecule has 166 valence electrons. The zero-order chi connectivity index (χ0) is 22.2. The molecule has 1 aromatic carbocycles. The fraction of sp³-hybridized carbons (Fsp3) is 0.333. The number of rotatable bonds is 5. The number of ether oxygens (including phenoxy) is 3. The summed E-state index contributed by atoms with van der Waals surface area (Å²) in [5.74, 6) is 1.36. The number of carbonyl (C=O) groups is 2. The summed E-state index contributed by atoms with van der Waals surface area (Å²) in [5, 5.41) is 12.0. The van der Waals surface area contributed by atoms with E-state index in [0.717, 1.165) is 0 Å². The van der Waals surface area contributed by atoms with E-state index in [4.69, 9.17) is 19.3 Å². The molecule has 1 saturated heterocycles. The number of likely N-dealkylation sites (tertiary alicyclic amines) is 1. The van der Waals surface area contributed by atoms with Gasteiger partial charge in [-0.2, -0.15) is 0 Å². The molecule has 2 aromatic heterocycles. The molecule has 0 saturated carbocycles. The second-order valence-electron chi connectivity index (χ2n) is 7.44. The number of carbonyl (C=O) groups excluding carboxylic acids is 1. The van der Waals surface area contributed by atoms with Crippen LogP contribution in [-0.4, -0.2) is 69.5 Å². The lowest BCUT2D eigenvalue weighted by Gasteiger charge is -2.14. The van der Waals surface area contributed by atoms with Crippen molar-refractivity contribution in [2.45, 2.75) is 19.4 Å². The van der Waals surface area contributed by atoms with Crippen molar-refractivity contribution >= 4 is 23.0 Å². The Hall–Kier alpha value is -4.02. The largest absolute Gasteiger partial charge is 0.493 e. The third-order valence-electron chi connectivity index (χ3n) is 5.54. The highest BCUT2D eigenvalue weighted by Crippen LogP contribution is 2.47. The maximum Gasteiger partial charge on any atom is 0.407 e. The summed E-state index contributed by atoms with van der Waals surface area (Å²) < 4.78 is 17.0. The van der Waals surface area contributed by atoms with Gasteiger partial charge in [-0.1, -0.05) is 0 Å². The lowest BCUT2D eigenvalue weighted by atomic mass is 10.1. The number of aromatic nitrogens is 3. The van der Waals surface area contributed by atoms with E-state index in [-0.39, 0.29) is 25.3 Å². The van der Waals surface area contributed by atoms with Gasteiger partial charge < -0.3 is 34.5 Å². The molecule has 4 heterocycles. The van der Waals surface area contributed by atoms with E-state index in [1.165, 1.54) is 11.2 Å². The summed E-state index contributed by atoms with van der Waals surface area (Å²) in [7, 11) is 0. The van der Waals surface area contributed by atoms with Gasteiger partial charge in [0.1, 0.15) is 23.3 Å². The lowest BCUT2D eigenvalue weighted by Crippen LogP contribution is -2.38. The van der Waals surface area contributed by atoms with Crippen LogP contribution in [0.5, 0.6) is 17.2 Å². The highest BCUT2D eigenvalue weighted by atomic mass is 16.7. The van der Waals surface area contributed by atoms with Crippen molar-refractivity contribution in [3.63, 3.8) is 0 Å². The molecule has 32 heavy (non-hydrogen) atoms. The molecule has 0 aliphatic carbocycles. The average Bonchev–Trinajstić information content (AvgIpc) is 3.52. The monoisotopic (exact) mass is 439 g/mol. The van der Waals surface area contributed by atoms with Crippen LogP contribution in [-0.2, 0) is 0 Å². The highest BCUT2D eigenvalue weighted by Gasteiger charge is 2.30. The molecule has 11 nitrogen and oxygen atoms in total. The Kier molecular flexibility index (Phi) is 4.92. The third kappa shape index (κ3) is 3.31. The van der Waals surface area contributed by atoms with Gasteiger partial charge in [-0.05, 0) is 25.5 Å². The number of aromatic amines is 1. The number of nitrogens with one attached hydrogen (secondary N) is 2. The topological polar surface area (TPSA) is 139 Å². The van der Waals surface area contributed by atoms with Gasteiger partial charge in [0.05, 0.1) is 23.3 Å². The SMILES string of the molecule is CCOc1ccc2c(c1-c1ncnc3c(C(=O)N[C@@H]4CCN(C(=O)O)C4)c[nH]c13)OCO2. The Morgan fingerprint density at radius 2 is 2.22 bits per heavy atom. The smallest absolute Gasteiger partial charge is 0.407 e. The lowest BCUT2D eigenvalue weighted by molar-refractivity contribution is 0.0937. The van der Waals surface area contributed by atoms with Gasteiger partial charge in [-0.15, -0.1) is 0 Å². The summed E-state index contributed by atoms with van der Waals surface area (Å²) in [4.78, 5) is 37.2. The Balaban J connectivity index is 1.51. The van der Waals surface area contributed by atoms with Crippen molar-refractivity contribution in [3.8, 4) is 28.5 Å². The molecule has 2 amide bonds. The molecular formula is C21H21N5O6. The fourth-order valence-corrected chi connectivity index (χ4v) is 4.07. The minimum Gasteiger partial charge on any atom is -0.493 e. The molecule has 3 aromatic rings. The number of H-pyrrole nitrogens is 1. The van der Waals surface area contributed by atoms with Crippen LogP contribution in [0.2, 0.25) is 0 Å². The number of fused-ring (bicyclic) bond motifs is 2. The highest BCUT2D eigenvalue weighted by molar-refractivity contribution is 6.08. The number of amides is 2. The van der Waals surface area contributed by atoms with Crippen LogP contribution in [0.25, 0.3) is 22.3 Å². The molecule has 0 radical (unpaired) electrons. The standard InChI is InChI=1S/C21H21N5O6/c1-2-30-13-3-4-14-19(32-10-31-14)15(13)17-18-16(23-9-24-17)12(7-22-18)20(27)25-11-5-6-26(8-11)21(28)29/h3-4,7,9,11,22H,2,5-6,8,10H2,1H3,(H,25,27)(H,28,29)/t11-/m1/s1. The molecule has 1 fully saturated rings. The third-order valence-corrected chi connectivity index (χ3v) is 5.54. The maximum atomic E-state index is 12.9. The van der Waals surface area contributed by atoms with E-state index in [1.807, 2.05) is 6.92 Å². The van der Waals surface area contributed by atoms with Crippen LogP contribution in [0.3, 0.4) is 0 Å². The number of hydrogen-bond acceptors (Lipinski definition) is 7. The Labute approximate surface area is 182 Å². The van der Waals surface area contributed by atoms with Crippen LogP contribution < -0.4 is 19.5 Å².